The maximum Gasteiger partial charge on any atom is 0.247 e. The molecule has 5 aliphatic heterocycles. The molecule has 0 saturated carbocycles. The summed E-state index contributed by atoms with van der Waals surface area (Å²) in [5, 5.41) is 6.42. The smallest absolute Gasteiger partial charge is 0.247 e. The van der Waals surface area contributed by atoms with Crippen LogP contribution in [0, 0.1) is 0 Å². The van der Waals surface area contributed by atoms with Gasteiger partial charge in [0.25, 0.3) is 0 Å². The van der Waals surface area contributed by atoms with Crippen LogP contribution in [-0.4, -0.2) is 85.3 Å². The van der Waals surface area contributed by atoms with Crippen molar-refractivity contribution in [1.29, 1.82) is 0 Å². The number of nitrogens with one attached hydrogen (secondary N) is 2. The fourth-order valence-electron chi connectivity index (χ4n) is 12.8. The van der Waals surface area contributed by atoms with Crippen LogP contribution in [0.1, 0.15) is 85.5 Å². The van der Waals surface area contributed by atoms with Crippen molar-refractivity contribution in [2.75, 3.05) is 62.4 Å². The van der Waals surface area contributed by atoms with E-state index in [1.807, 2.05) is 17.8 Å². The highest BCUT2D eigenvalue weighted by Gasteiger charge is 2.51. The molecule has 1 aliphatic carbocycles. The molecule has 1 unspecified atom stereocenters. The van der Waals surface area contributed by atoms with Gasteiger partial charge in [0.1, 0.15) is 11.1 Å². The first-order valence-corrected chi connectivity index (χ1v) is 25.6. The van der Waals surface area contributed by atoms with Crippen molar-refractivity contribution in [1.82, 2.24) is 20.4 Å². The summed E-state index contributed by atoms with van der Waals surface area (Å²) in [5.41, 5.74) is 12.2. The Hall–Kier alpha value is -5.87. The van der Waals surface area contributed by atoms with Crippen molar-refractivity contribution >= 4 is 35.0 Å². The van der Waals surface area contributed by atoms with Gasteiger partial charge in [-0.3, -0.25) is 9.59 Å². The number of nitrogens with zero attached hydrogens (tertiary/aromatic N) is 4. The molecule has 12 rings (SSSR count). The highest BCUT2D eigenvalue weighted by molar-refractivity contribution is 7.99. The summed E-state index contributed by atoms with van der Waals surface area (Å²) in [7, 11) is 0. The number of anilines is 2. The zero-order valence-corrected chi connectivity index (χ0v) is 39.2. The Morgan fingerprint density at radius 2 is 0.970 bits per heavy atom. The van der Waals surface area contributed by atoms with Crippen LogP contribution < -0.4 is 20.4 Å². The minimum atomic E-state index is -0.523. The average molecular weight is 905 g/mol. The number of likely N-dealkylation sites (tertiary alicyclic amines) is 2. The van der Waals surface area contributed by atoms with Crippen molar-refractivity contribution in [3.05, 3.63) is 168 Å². The molecule has 340 valence electrons. The largest absolute Gasteiger partial charge is 0.339 e. The lowest BCUT2D eigenvalue weighted by molar-refractivity contribution is -0.125. The van der Waals surface area contributed by atoms with Gasteiger partial charge in [-0.2, -0.15) is 0 Å². The maximum atomic E-state index is 13.8. The maximum absolute atomic E-state index is 13.8. The second kappa shape index (κ2) is 17.7. The number of para-hydroxylation sites is 1. The highest BCUT2D eigenvalue weighted by atomic mass is 32.2. The number of carbonyl (C=O) groups is 2. The standard InChI is InChI=1S/C58H60N6O2S/c65-55-57(63(39-59-55)43-14-2-1-3-15-43)27-33-62(34-28-57)32-12-23-50-51-21-8-9-24-53(51)67-54-38-42(25-26-52(50)54)41-13-10-16-44(37-41)64-40-60-56(66)58(64)29-35-61(36-30-58)31-11-22-49-47-19-6-4-17-45(47)46-18-5-7-20-48(46)49/h1-10,13-21,24-26,37-38,49-50H,11-12,22-23,27-36,39-40H2,(H,59,65)(H,60,66). The number of hydrogen-bond acceptors (Lipinski definition) is 7. The second-order valence-electron chi connectivity index (χ2n) is 19.8. The third kappa shape index (κ3) is 7.54. The Morgan fingerprint density at radius 3 is 1.60 bits per heavy atom. The predicted molar refractivity (Wildman–Crippen MR) is 271 cm³/mol. The van der Waals surface area contributed by atoms with Gasteiger partial charge in [0.2, 0.25) is 11.8 Å². The van der Waals surface area contributed by atoms with Crippen molar-refractivity contribution in [3.63, 3.8) is 0 Å². The van der Waals surface area contributed by atoms with Gasteiger partial charge in [-0.25, -0.2) is 0 Å². The quantitative estimate of drug-likeness (QED) is 0.134. The van der Waals surface area contributed by atoms with E-state index >= 15 is 0 Å². The van der Waals surface area contributed by atoms with Crippen molar-refractivity contribution in [2.45, 2.75) is 84.1 Å². The van der Waals surface area contributed by atoms with Gasteiger partial charge in [0, 0.05) is 59.2 Å². The minimum Gasteiger partial charge on any atom is -0.339 e. The molecule has 0 aromatic heterocycles. The number of amides is 2. The van der Waals surface area contributed by atoms with Crippen molar-refractivity contribution < 1.29 is 9.59 Å². The van der Waals surface area contributed by atoms with Crippen molar-refractivity contribution in [3.8, 4) is 22.3 Å². The number of hydrogen-bond donors (Lipinski definition) is 2. The van der Waals surface area contributed by atoms with E-state index in [0.29, 0.717) is 25.2 Å². The summed E-state index contributed by atoms with van der Waals surface area (Å²) in [5.74, 6) is 1.14. The molecule has 8 nitrogen and oxygen atoms in total. The molecule has 1 atom stereocenters. The topological polar surface area (TPSA) is 71.2 Å². The summed E-state index contributed by atoms with van der Waals surface area (Å²) in [6.07, 6.45) is 7.81. The fraction of sp³-hybridized carbons (Fsp3) is 0.345. The van der Waals surface area contributed by atoms with E-state index in [4.69, 9.17) is 0 Å². The van der Waals surface area contributed by atoms with Gasteiger partial charge in [-0.15, -0.1) is 0 Å². The van der Waals surface area contributed by atoms with Gasteiger partial charge in [0.05, 0.1) is 13.3 Å². The highest BCUT2D eigenvalue weighted by Crippen LogP contribution is 2.50. The van der Waals surface area contributed by atoms with Crippen LogP contribution in [-0.2, 0) is 9.59 Å². The van der Waals surface area contributed by atoms with Crippen LogP contribution in [0.3, 0.4) is 0 Å². The summed E-state index contributed by atoms with van der Waals surface area (Å²) in [6, 6.07) is 53.3. The summed E-state index contributed by atoms with van der Waals surface area (Å²) >= 11 is 1.90. The summed E-state index contributed by atoms with van der Waals surface area (Å²) < 4.78 is 0. The Labute approximate surface area is 399 Å². The van der Waals surface area contributed by atoms with E-state index in [0.717, 1.165) is 102 Å². The van der Waals surface area contributed by atoms with Gasteiger partial charge < -0.3 is 30.2 Å². The molecule has 67 heavy (non-hydrogen) atoms. The molecular formula is C58H60N6O2S. The van der Waals surface area contributed by atoms with Crippen LogP contribution in [0.15, 0.2) is 155 Å². The molecule has 0 radical (unpaired) electrons. The SMILES string of the molecule is O=C1NCN(c2ccccc2)C12CCN(CCCC1c3ccccc3Sc3cc(-c4cccc(N5CNC(=O)C56CCN(CCCC5c7ccccc7-c7ccccc75)CC6)c4)ccc31)CC2. The molecular weight excluding hydrogens is 845 g/mol. The van der Waals surface area contributed by atoms with Gasteiger partial charge in [-0.05, 0) is 145 Å². The average Bonchev–Trinajstić information content (AvgIpc) is 3.99. The zero-order valence-electron chi connectivity index (χ0n) is 38.3. The molecule has 4 fully saturated rings. The third-order valence-electron chi connectivity index (χ3n) is 16.4. The number of piperidine rings is 2. The molecule has 6 aromatic rings. The number of fused-ring (bicyclic) bond motifs is 5. The molecule has 6 aliphatic rings. The molecule has 6 aromatic carbocycles. The number of benzene rings is 6. The lowest BCUT2D eigenvalue weighted by atomic mass is 9.84. The molecule has 4 saturated heterocycles. The lowest BCUT2D eigenvalue weighted by Gasteiger charge is -2.43. The Kier molecular flexibility index (Phi) is 11.2. The first-order valence-electron chi connectivity index (χ1n) is 24.8. The lowest BCUT2D eigenvalue weighted by Crippen LogP contribution is -2.56. The molecule has 5 heterocycles. The fourth-order valence-corrected chi connectivity index (χ4v) is 14.0. The Bertz CT molecular complexity index is 2770. The predicted octanol–water partition coefficient (Wildman–Crippen LogP) is 10.5. The van der Waals surface area contributed by atoms with Crippen LogP contribution in [0.25, 0.3) is 22.3 Å². The summed E-state index contributed by atoms with van der Waals surface area (Å²) in [6.45, 7) is 6.94. The molecule has 2 spiro atoms. The first-order chi connectivity index (χ1) is 33.0. The van der Waals surface area contributed by atoms with Crippen LogP contribution in [0.2, 0.25) is 0 Å². The molecule has 2 amide bonds. The van der Waals surface area contributed by atoms with E-state index in [1.165, 1.54) is 54.3 Å². The third-order valence-corrected chi connectivity index (χ3v) is 17.6. The first kappa shape index (κ1) is 42.5. The Balaban J connectivity index is 0.698. The zero-order chi connectivity index (χ0) is 45.0. The number of carbonyl (C=O) groups excluding carboxylic acids is 2. The second-order valence-corrected chi connectivity index (χ2v) is 20.9. The van der Waals surface area contributed by atoms with E-state index in [1.54, 1.807) is 0 Å². The monoisotopic (exact) mass is 904 g/mol. The van der Waals surface area contributed by atoms with Crippen molar-refractivity contribution in [2.24, 2.45) is 0 Å². The molecule has 2 N–H and O–H groups in total. The van der Waals surface area contributed by atoms with E-state index in [9.17, 15) is 9.59 Å². The molecule has 0 bridgehead atoms. The van der Waals surface area contributed by atoms with Gasteiger partial charge >= 0.3 is 0 Å². The van der Waals surface area contributed by atoms with Gasteiger partial charge in [-0.1, -0.05) is 121 Å². The molecule has 9 heteroatoms. The van der Waals surface area contributed by atoms with E-state index < -0.39 is 11.1 Å². The van der Waals surface area contributed by atoms with Gasteiger partial charge in [0.15, 0.2) is 0 Å². The Morgan fingerprint density at radius 1 is 0.478 bits per heavy atom. The van der Waals surface area contributed by atoms with E-state index in [2.05, 4.69) is 170 Å². The summed E-state index contributed by atoms with van der Waals surface area (Å²) in [4.78, 5) is 39.6. The number of rotatable bonds is 11. The van der Waals surface area contributed by atoms with Crippen LogP contribution >= 0.6 is 11.8 Å². The van der Waals surface area contributed by atoms with Crippen LogP contribution in [0.4, 0.5) is 11.4 Å². The minimum absolute atomic E-state index is 0.173. The normalized spacial score (nSPS) is 20.7. The van der Waals surface area contributed by atoms with E-state index in [-0.39, 0.29) is 11.8 Å². The van der Waals surface area contributed by atoms with Crippen LogP contribution in [0.5, 0.6) is 0 Å².